The summed E-state index contributed by atoms with van der Waals surface area (Å²) in [6.45, 7) is 10.8. The van der Waals surface area contributed by atoms with Gasteiger partial charge in [-0.3, -0.25) is 4.98 Å². The van der Waals surface area contributed by atoms with Crippen LogP contribution in [0.1, 0.15) is 27.8 Å². The fourth-order valence-electron chi connectivity index (χ4n) is 3.00. The Hall–Kier alpha value is -2.15. The Balaban J connectivity index is 2.41. The van der Waals surface area contributed by atoms with Gasteiger partial charge in [0.15, 0.2) is 0 Å². The van der Waals surface area contributed by atoms with E-state index >= 15 is 0 Å². The lowest BCUT2D eigenvalue weighted by Crippen LogP contribution is -1.94. The average Bonchev–Trinajstić information content (AvgIpc) is 2.43. The zero-order valence-corrected chi connectivity index (χ0v) is 13.4. The van der Waals surface area contributed by atoms with Gasteiger partial charge in [0.1, 0.15) is 0 Å². The lowest BCUT2D eigenvalue weighted by atomic mass is 9.93. The monoisotopic (exact) mass is 275 g/mol. The van der Waals surface area contributed by atoms with Crippen LogP contribution in [0.3, 0.4) is 0 Å². The maximum atomic E-state index is 4.76. The van der Waals surface area contributed by atoms with Crippen LogP contribution in [-0.4, -0.2) is 4.98 Å². The minimum atomic E-state index is 1.10. The number of benzene rings is 2. The Labute approximate surface area is 126 Å². The maximum absolute atomic E-state index is 4.76. The topological polar surface area (TPSA) is 12.9 Å². The number of aromatic nitrogens is 1. The van der Waals surface area contributed by atoms with Crippen LogP contribution in [0.25, 0.3) is 22.0 Å². The van der Waals surface area contributed by atoms with Gasteiger partial charge in [-0.1, -0.05) is 29.3 Å². The average molecular weight is 275 g/mol. The highest BCUT2D eigenvalue weighted by Gasteiger charge is 2.12. The van der Waals surface area contributed by atoms with Crippen molar-refractivity contribution in [1.29, 1.82) is 0 Å². The Morgan fingerprint density at radius 3 is 2.24 bits per heavy atom. The van der Waals surface area contributed by atoms with E-state index in [1.165, 1.54) is 44.2 Å². The van der Waals surface area contributed by atoms with Crippen molar-refractivity contribution in [2.24, 2.45) is 0 Å². The van der Waals surface area contributed by atoms with Crippen LogP contribution in [0.4, 0.5) is 0 Å². The zero-order valence-electron chi connectivity index (χ0n) is 13.4. The van der Waals surface area contributed by atoms with Crippen LogP contribution in [-0.2, 0) is 0 Å². The number of hydrogen-bond acceptors (Lipinski definition) is 1. The summed E-state index contributed by atoms with van der Waals surface area (Å²) >= 11 is 0. The van der Waals surface area contributed by atoms with E-state index in [9.17, 15) is 0 Å². The second-order valence-electron chi connectivity index (χ2n) is 6.09. The van der Waals surface area contributed by atoms with Crippen molar-refractivity contribution in [2.45, 2.75) is 34.6 Å². The Morgan fingerprint density at radius 1 is 0.714 bits per heavy atom. The van der Waals surface area contributed by atoms with Gasteiger partial charge in [-0.05, 0) is 68.8 Å². The smallest absolute Gasteiger partial charge is 0.0783 e. The highest BCUT2D eigenvalue weighted by atomic mass is 14.7. The highest BCUT2D eigenvalue weighted by molar-refractivity contribution is 5.97. The van der Waals surface area contributed by atoms with Crippen LogP contribution in [0.5, 0.6) is 0 Å². The van der Waals surface area contributed by atoms with Crippen molar-refractivity contribution in [1.82, 2.24) is 4.98 Å². The van der Waals surface area contributed by atoms with E-state index in [1.807, 2.05) is 6.20 Å². The van der Waals surface area contributed by atoms with Crippen molar-refractivity contribution < 1.29 is 0 Å². The molecule has 0 spiro atoms. The minimum Gasteiger partial charge on any atom is -0.255 e. The summed E-state index contributed by atoms with van der Waals surface area (Å²) in [4.78, 5) is 4.76. The van der Waals surface area contributed by atoms with E-state index in [1.54, 1.807) is 0 Å². The molecule has 2 aromatic carbocycles. The fourth-order valence-corrected chi connectivity index (χ4v) is 3.00. The molecule has 0 radical (unpaired) electrons. The van der Waals surface area contributed by atoms with Gasteiger partial charge in [0, 0.05) is 17.1 Å². The van der Waals surface area contributed by atoms with Gasteiger partial charge in [-0.2, -0.15) is 0 Å². The molecule has 0 unspecified atom stereocenters. The van der Waals surface area contributed by atoms with E-state index in [0.717, 1.165) is 5.69 Å². The number of aryl methyl sites for hydroxylation is 4. The highest BCUT2D eigenvalue weighted by Crippen LogP contribution is 2.32. The SMILES string of the molecule is Cc1cc(C)c(C)c(-c2ncc(C)c3ccc(C)cc23)c1. The predicted molar refractivity (Wildman–Crippen MR) is 90.9 cm³/mol. The molecule has 0 bridgehead atoms. The molecule has 3 rings (SSSR count). The quantitative estimate of drug-likeness (QED) is 0.576. The van der Waals surface area contributed by atoms with Crippen molar-refractivity contribution >= 4 is 10.8 Å². The molecular weight excluding hydrogens is 254 g/mol. The fraction of sp³-hybridized carbons (Fsp3) is 0.250. The van der Waals surface area contributed by atoms with Crippen LogP contribution >= 0.6 is 0 Å². The molecule has 0 aliphatic heterocycles. The van der Waals surface area contributed by atoms with E-state index in [4.69, 9.17) is 4.98 Å². The number of pyridine rings is 1. The third-order valence-corrected chi connectivity index (χ3v) is 4.31. The second kappa shape index (κ2) is 5.00. The van der Waals surface area contributed by atoms with E-state index in [0.29, 0.717) is 0 Å². The van der Waals surface area contributed by atoms with Crippen LogP contribution in [0.2, 0.25) is 0 Å². The van der Waals surface area contributed by atoms with Gasteiger partial charge in [0.05, 0.1) is 5.69 Å². The molecule has 0 saturated carbocycles. The van der Waals surface area contributed by atoms with Crippen molar-refractivity contribution in [2.75, 3.05) is 0 Å². The summed E-state index contributed by atoms with van der Waals surface area (Å²) in [5.41, 5.74) is 8.80. The molecular formula is C20H21N. The number of fused-ring (bicyclic) bond motifs is 1. The minimum absolute atomic E-state index is 1.10. The van der Waals surface area contributed by atoms with Crippen LogP contribution in [0.15, 0.2) is 36.5 Å². The third kappa shape index (κ3) is 2.33. The number of nitrogens with zero attached hydrogens (tertiary/aromatic N) is 1. The molecule has 106 valence electrons. The molecule has 0 amide bonds. The van der Waals surface area contributed by atoms with E-state index < -0.39 is 0 Å². The maximum Gasteiger partial charge on any atom is 0.0783 e. The molecule has 0 atom stereocenters. The summed E-state index contributed by atoms with van der Waals surface area (Å²) in [5.74, 6) is 0. The molecule has 0 aliphatic carbocycles. The molecule has 21 heavy (non-hydrogen) atoms. The Bertz CT molecular complexity index is 844. The molecule has 0 fully saturated rings. The van der Waals surface area contributed by atoms with E-state index in [-0.39, 0.29) is 0 Å². The predicted octanol–water partition coefficient (Wildman–Crippen LogP) is 5.44. The molecule has 3 aromatic rings. The Kier molecular flexibility index (Phi) is 3.29. The zero-order chi connectivity index (χ0) is 15.1. The van der Waals surface area contributed by atoms with E-state index in [2.05, 4.69) is 65.0 Å². The normalized spacial score (nSPS) is 11.1. The first-order valence-electron chi connectivity index (χ1n) is 7.41. The molecule has 0 N–H and O–H groups in total. The molecule has 1 aromatic heterocycles. The van der Waals surface area contributed by atoms with Gasteiger partial charge in [-0.25, -0.2) is 0 Å². The van der Waals surface area contributed by atoms with Gasteiger partial charge in [-0.15, -0.1) is 0 Å². The summed E-state index contributed by atoms with van der Waals surface area (Å²) in [5, 5.41) is 2.55. The van der Waals surface area contributed by atoms with Gasteiger partial charge in [0.25, 0.3) is 0 Å². The number of rotatable bonds is 1. The first-order chi connectivity index (χ1) is 9.97. The summed E-state index contributed by atoms with van der Waals surface area (Å²) < 4.78 is 0. The van der Waals surface area contributed by atoms with Crippen molar-refractivity contribution in [3.8, 4) is 11.3 Å². The molecule has 1 heteroatoms. The first-order valence-corrected chi connectivity index (χ1v) is 7.41. The molecule has 0 saturated heterocycles. The number of hydrogen-bond donors (Lipinski definition) is 0. The molecule has 0 aliphatic rings. The summed E-state index contributed by atoms with van der Waals surface area (Å²) in [6, 6.07) is 11.1. The molecule has 1 heterocycles. The summed E-state index contributed by atoms with van der Waals surface area (Å²) in [7, 11) is 0. The van der Waals surface area contributed by atoms with Crippen molar-refractivity contribution in [3.63, 3.8) is 0 Å². The Morgan fingerprint density at radius 2 is 1.48 bits per heavy atom. The standard InChI is InChI=1S/C20H21N/c1-12-6-7-17-15(4)11-21-20(19(17)9-12)18-10-13(2)8-14(3)16(18)5/h6-11H,1-5H3. The largest absolute Gasteiger partial charge is 0.255 e. The summed E-state index contributed by atoms with van der Waals surface area (Å²) in [6.07, 6.45) is 1.99. The first kappa shape index (κ1) is 13.8. The van der Waals surface area contributed by atoms with Crippen molar-refractivity contribution in [3.05, 3.63) is 64.3 Å². The van der Waals surface area contributed by atoms with Gasteiger partial charge in [0.2, 0.25) is 0 Å². The second-order valence-corrected chi connectivity index (χ2v) is 6.09. The van der Waals surface area contributed by atoms with Gasteiger partial charge < -0.3 is 0 Å². The van der Waals surface area contributed by atoms with Crippen LogP contribution < -0.4 is 0 Å². The lowest BCUT2D eigenvalue weighted by molar-refractivity contribution is 1.25. The third-order valence-electron chi connectivity index (χ3n) is 4.31. The van der Waals surface area contributed by atoms with Crippen LogP contribution in [0, 0.1) is 34.6 Å². The molecule has 1 nitrogen and oxygen atoms in total. The van der Waals surface area contributed by atoms with Gasteiger partial charge >= 0.3 is 0 Å². The lowest BCUT2D eigenvalue weighted by Gasteiger charge is -2.14.